The molecule has 0 radical (unpaired) electrons. The lowest BCUT2D eigenvalue weighted by molar-refractivity contribution is -0.125. The van der Waals surface area contributed by atoms with Crippen molar-refractivity contribution < 1.29 is 19.2 Å². The van der Waals surface area contributed by atoms with Gasteiger partial charge in [0.2, 0.25) is 11.8 Å². The number of carbonyl (C=O) groups is 4. The van der Waals surface area contributed by atoms with E-state index in [9.17, 15) is 19.2 Å². The highest BCUT2D eigenvalue weighted by Crippen LogP contribution is 2.39. The predicted molar refractivity (Wildman–Crippen MR) is 317 cm³/mol. The lowest BCUT2D eigenvalue weighted by atomic mass is 10.0. The monoisotopic (exact) mass is 1120 g/mol. The summed E-state index contributed by atoms with van der Waals surface area (Å²) in [5.41, 5.74) is 19.0. The van der Waals surface area contributed by atoms with E-state index >= 15 is 0 Å². The zero-order valence-corrected chi connectivity index (χ0v) is 46.7. The molecule has 12 rings (SSSR count). The van der Waals surface area contributed by atoms with Crippen LogP contribution in [0.1, 0.15) is 81.8 Å². The molecule has 4 fully saturated rings. The summed E-state index contributed by atoms with van der Waals surface area (Å²) in [5, 5.41) is 16.7. The van der Waals surface area contributed by atoms with Crippen LogP contribution in [0, 0.1) is 18.3 Å². The first kappa shape index (κ1) is 54.8. The molecule has 2 saturated carbocycles. The van der Waals surface area contributed by atoms with Crippen LogP contribution in [0.2, 0.25) is 0 Å². The van der Waals surface area contributed by atoms with Gasteiger partial charge in [0.1, 0.15) is 41.4 Å². The summed E-state index contributed by atoms with van der Waals surface area (Å²) in [4.78, 5) is 86.5. The minimum absolute atomic E-state index is 0.0240. The molecule has 2 aliphatic carbocycles. The molecule has 2 aromatic carbocycles. The number of pyridine rings is 1. The Morgan fingerprint density at radius 2 is 1.16 bits per heavy atom. The number of nitriles is 1. The van der Waals surface area contributed by atoms with Crippen LogP contribution in [0.15, 0.2) is 122 Å². The number of nitrogens with two attached hydrogens (primary N) is 2. The lowest BCUT2D eigenvalue weighted by Gasteiger charge is -2.16. The number of rotatable bonds is 16. The number of nitrogens with zero attached hydrogens (tertiary/aromatic N) is 13. The zero-order chi connectivity index (χ0) is 57.0. The predicted octanol–water partition coefficient (Wildman–Crippen LogP) is 7.74. The largest absolute Gasteiger partial charge is 0.383 e. The maximum atomic E-state index is 12.9. The number of aromatic nitrogens is 8. The Balaban J connectivity index is 0.000000172. The number of anilines is 4. The van der Waals surface area contributed by atoms with Crippen molar-refractivity contribution in [3.8, 4) is 28.3 Å². The SMILES string of the molecule is CN(C/C=C/C(=O)N1CC[C@@H](n2cc(-c3ccc(C(=O)Nc4cc(C#N)ccn4)cc3)c3c(N)ncnc32)C1)C1CC1.Cc1cnc(NC(=O)c2ccc(-c3cn([C@@H]4CCN(C(=O)/C=C/CN(C)C5CC5)C4)c4ncnc(N)c34)cc2)s1. The number of fused-ring (bicyclic) bond motifs is 2. The highest BCUT2D eigenvalue weighted by molar-refractivity contribution is 7.15. The maximum absolute atomic E-state index is 12.9. The van der Waals surface area contributed by atoms with Gasteiger partial charge >= 0.3 is 0 Å². The molecule has 6 N–H and O–H groups in total. The van der Waals surface area contributed by atoms with E-state index < -0.39 is 0 Å². The number of carbonyl (C=O) groups excluding carboxylic acids is 4. The smallest absolute Gasteiger partial charge is 0.257 e. The van der Waals surface area contributed by atoms with Gasteiger partial charge in [0.05, 0.1) is 34.5 Å². The second-order valence-corrected chi connectivity index (χ2v) is 22.5. The van der Waals surface area contributed by atoms with E-state index in [0.717, 1.165) is 69.5 Å². The molecule has 4 amide bonds. The molecular formula is C60H63N17O4S. The Kier molecular flexibility index (Phi) is 16.0. The number of nitrogens with one attached hydrogen (secondary N) is 2. The van der Waals surface area contributed by atoms with Crippen LogP contribution in [-0.2, 0) is 9.59 Å². The summed E-state index contributed by atoms with van der Waals surface area (Å²) < 4.78 is 4.21. The molecule has 22 heteroatoms. The number of benzene rings is 2. The number of thiazole rings is 1. The van der Waals surface area contributed by atoms with Gasteiger partial charge in [-0.2, -0.15) is 5.26 Å². The summed E-state index contributed by atoms with van der Waals surface area (Å²) in [6, 6.07) is 21.1. The zero-order valence-electron chi connectivity index (χ0n) is 45.9. The fraction of sp³-hybridized carbons (Fsp3) is 0.317. The van der Waals surface area contributed by atoms with E-state index in [2.05, 4.69) is 73.6 Å². The molecule has 2 aliphatic heterocycles. The molecule has 2 saturated heterocycles. The minimum atomic E-state index is -0.335. The Morgan fingerprint density at radius 3 is 1.61 bits per heavy atom. The normalized spacial score (nSPS) is 17.1. The van der Waals surface area contributed by atoms with Crippen LogP contribution in [-0.4, -0.2) is 148 Å². The average Bonchev–Trinajstić information content (AvgIpc) is 4.41. The first-order valence-corrected chi connectivity index (χ1v) is 28.3. The second kappa shape index (κ2) is 23.9. The summed E-state index contributed by atoms with van der Waals surface area (Å²) in [7, 11) is 4.20. The maximum Gasteiger partial charge on any atom is 0.257 e. The molecule has 418 valence electrons. The van der Waals surface area contributed by atoms with Gasteiger partial charge in [-0.25, -0.2) is 29.9 Å². The molecule has 4 aliphatic rings. The van der Waals surface area contributed by atoms with E-state index in [-0.39, 0.29) is 35.7 Å². The fourth-order valence-corrected chi connectivity index (χ4v) is 11.3. The Labute approximate surface area is 478 Å². The Hall–Kier alpha value is -9.17. The Bertz CT molecular complexity index is 3800. The number of hydrogen-bond donors (Lipinski definition) is 4. The van der Waals surface area contributed by atoms with E-state index in [1.54, 1.807) is 48.7 Å². The molecule has 82 heavy (non-hydrogen) atoms. The van der Waals surface area contributed by atoms with Crippen molar-refractivity contribution >= 4 is 79.6 Å². The molecule has 6 aromatic heterocycles. The van der Waals surface area contributed by atoms with E-state index in [4.69, 9.17) is 16.7 Å². The summed E-state index contributed by atoms with van der Waals surface area (Å²) in [6.07, 6.45) is 24.1. The lowest BCUT2D eigenvalue weighted by Crippen LogP contribution is -2.28. The van der Waals surface area contributed by atoms with Crippen LogP contribution < -0.4 is 22.1 Å². The quantitative estimate of drug-likeness (QED) is 0.0674. The first-order chi connectivity index (χ1) is 39.8. The van der Waals surface area contributed by atoms with Crippen LogP contribution in [0.25, 0.3) is 44.3 Å². The van der Waals surface area contributed by atoms with Gasteiger partial charge in [-0.1, -0.05) is 36.4 Å². The van der Waals surface area contributed by atoms with E-state index in [1.165, 1.54) is 61.9 Å². The number of likely N-dealkylation sites (tertiary alicyclic amines) is 2. The van der Waals surface area contributed by atoms with Crippen LogP contribution in [0.5, 0.6) is 0 Å². The van der Waals surface area contributed by atoms with Crippen LogP contribution in [0.3, 0.4) is 0 Å². The van der Waals surface area contributed by atoms with Gasteiger partial charge in [0, 0.05) is 115 Å². The second-order valence-electron chi connectivity index (χ2n) is 21.3. The number of amides is 4. The van der Waals surface area contributed by atoms with Gasteiger partial charge in [-0.05, 0) is 107 Å². The highest BCUT2D eigenvalue weighted by Gasteiger charge is 2.32. The molecule has 0 spiro atoms. The summed E-state index contributed by atoms with van der Waals surface area (Å²) in [5.74, 6) is 0.589. The van der Waals surface area contributed by atoms with Crippen LogP contribution in [0.4, 0.5) is 22.6 Å². The summed E-state index contributed by atoms with van der Waals surface area (Å²) >= 11 is 1.43. The molecule has 21 nitrogen and oxygen atoms in total. The molecule has 2 atom stereocenters. The molecule has 0 bridgehead atoms. The number of nitrogen functional groups attached to an aromatic ring is 2. The molecule has 8 aromatic rings. The standard InChI is InChI=1S/C31H31N9O2.C29H32N8O2S/c1-38(23-8-9-23)13-2-3-27(41)39-14-11-24(17-39)40-18-25(28-29(33)35-19-36-30(28)40)21-4-6-22(7-5-21)31(42)37-26-15-20(16-32)10-12-34-26;1-18-14-31-29(40-18)34-28(39)20-7-5-19(6-8-20)23-16-37(27-25(23)26(30)32-17-33-27)22-11-13-36(15-22)24(38)4-3-12-35(2)21-9-10-21/h2-7,10,12,15,18-19,23-24H,8-9,11,13-14,17H2,1H3,(H2,33,35,36)(H,34,37,42);3-8,14,16-17,21-22H,9-13,15H2,1-2H3,(H2,30,32,33)(H,31,34,39)/b3-2+;4-3+/t24-;22-/m11/s1. The van der Waals surface area contributed by atoms with Crippen molar-refractivity contribution in [1.82, 2.24) is 58.6 Å². The first-order valence-electron chi connectivity index (χ1n) is 27.4. The van der Waals surface area contributed by atoms with Gasteiger partial charge in [0.15, 0.2) is 5.13 Å². The van der Waals surface area contributed by atoms with Crippen molar-refractivity contribution in [3.05, 3.63) is 144 Å². The van der Waals surface area contributed by atoms with Gasteiger partial charge in [-0.15, -0.1) is 11.3 Å². The molecular weight excluding hydrogens is 1050 g/mol. The third-order valence-corrected chi connectivity index (χ3v) is 16.4. The van der Waals surface area contributed by atoms with Crippen molar-refractivity contribution in [2.24, 2.45) is 0 Å². The molecule has 0 unspecified atom stereocenters. The van der Waals surface area contributed by atoms with Gasteiger partial charge < -0.3 is 35.7 Å². The van der Waals surface area contributed by atoms with Crippen LogP contribution >= 0.6 is 11.3 Å². The van der Waals surface area contributed by atoms with Crippen molar-refractivity contribution in [3.63, 3.8) is 0 Å². The summed E-state index contributed by atoms with van der Waals surface area (Å²) in [6.45, 7) is 6.05. The van der Waals surface area contributed by atoms with Gasteiger partial charge in [-0.3, -0.25) is 34.3 Å². The van der Waals surface area contributed by atoms with Crippen molar-refractivity contribution in [2.45, 2.75) is 69.6 Å². The third-order valence-electron chi connectivity index (χ3n) is 15.6. The van der Waals surface area contributed by atoms with E-state index in [0.29, 0.717) is 83.2 Å². The van der Waals surface area contributed by atoms with Crippen molar-refractivity contribution in [2.75, 3.05) is 75.5 Å². The number of hydrogen-bond acceptors (Lipinski definition) is 16. The minimum Gasteiger partial charge on any atom is -0.383 e. The number of likely N-dealkylation sites (N-methyl/N-ethyl adjacent to an activating group) is 2. The third kappa shape index (κ3) is 12.3. The van der Waals surface area contributed by atoms with Gasteiger partial charge in [0.25, 0.3) is 11.8 Å². The Morgan fingerprint density at radius 1 is 0.671 bits per heavy atom. The highest BCUT2D eigenvalue weighted by atomic mass is 32.1. The fourth-order valence-electron chi connectivity index (χ4n) is 10.7. The van der Waals surface area contributed by atoms with E-state index in [1.807, 2.05) is 71.6 Å². The average molecular weight is 1120 g/mol. The molecule has 8 heterocycles. The topological polar surface area (TPSA) is 268 Å². The number of aryl methyl sites for hydroxylation is 1. The van der Waals surface area contributed by atoms with Crippen molar-refractivity contribution in [1.29, 1.82) is 5.26 Å².